The molecule has 5 rings (SSSR count). The number of hydrogen-bond donors (Lipinski definition) is 1. The lowest BCUT2D eigenvalue weighted by Crippen LogP contribution is -2.27. The molecule has 1 unspecified atom stereocenters. The summed E-state index contributed by atoms with van der Waals surface area (Å²) in [6.07, 6.45) is 5.66. The van der Waals surface area contributed by atoms with E-state index in [2.05, 4.69) is 20.4 Å². The van der Waals surface area contributed by atoms with Gasteiger partial charge in [-0.3, -0.25) is 4.79 Å². The van der Waals surface area contributed by atoms with Crippen LogP contribution in [0.25, 0.3) is 0 Å². The maximum absolute atomic E-state index is 14.9. The number of carbonyl (C=O) groups excluding carboxylic acids is 1. The first kappa shape index (κ1) is 23.1. The second kappa shape index (κ2) is 9.89. The highest BCUT2D eigenvalue weighted by molar-refractivity contribution is 5.94. The van der Waals surface area contributed by atoms with Crippen molar-refractivity contribution in [1.29, 1.82) is 0 Å². The number of ether oxygens (including phenoxy) is 2. The number of anilines is 1. The Morgan fingerprint density at radius 2 is 2.06 bits per heavy atom. The SMILES string of the molecule is Cc1oncc1C(=O)N[C@@H](C)c1ccc(OC2CCN(c3ncnc(OCC4CC4)c3F)C2)cc1. The molecule has 0 bridgehead atoms. The highest BCUT2D eigenvalue weighted by Gasteiger charge is 2.29. The van der Waals surface area contributed by atoms with E-state index in [1.807, 2.05) is 36.1 Å². The first-order chi connectivity index (χ1) is 17.0. The number of hydrogen-bond acceptors (Lipinski definition) is 8. The lowest BCUT2D eigenvalue weighted by atomic mass is 10.1. The zero-order valence-corrected chi connectivity index (χ0v) is 19.7. The quantitative estimate of drug-likeness (QED) is 0.492. The zero-order valence-electron chi connectivity index (χ0n) is 19.7. The van der Waals surface area contributed by atoms with Crippen LogP contribution in [-0.2, 0) is 0 Å². The van der Waals surface area contributed by atoms with Gasteiger partial charge in [0.25, 0.3) is 11.8 Å². The molecule has 1 aromatic carbocycles. The Hall–Kier alpha value is -3.69. The largest absolute Gasteiger partial charge is 0.489 e. The smallest absolute Gasteiger partial charge is 0.256 e. The minimum absolute atomic E-state index is 0.0160. The molecule has 1 N–H and O–H groups in total. The number of halogens is 1. The molecule has 0 radical (unpaired) electrons. The number of benzene rings is 1. The molecular weight excluding hydrogens is 453 g/mol. The van der Waals surface area contributed by atoms with E-state index in [4.69, 9.17) is 14.0 Å². The van der Waals surface area contributed by atoms with Gasteiger partial charge in [0.2, 0.25) is 5.82 Å². The molecule has 3 heterocycles. The van der Waals surface area contributed by atoms with Gasteiger partial charge in [0.15, 0.2) is 5.82 Å². The van der Waals surface area contributed by atoms with Crippen LogP contribution in [0.4, 0.5) is 10.2 Å². The third-order valence-electron chi connectivity index (χ3n) is 6.36. The average molecular weight is 482 g/mol. The topological polar surface area (TPSA) is 103 Å². The average Bonchev–Trinajstić information content (AvgIpc) is 3.40. The van der Waals surface area contributed by atoms with E-state index >= 15 is 0 Å². The predicted octanol–water partition coefficient (Wildman–Crippen LogP) is 3.85. The van der Waals surface area contributed by atoms with Crippen LogP contribution in [0, 0.1) is 18.7 Å². The molecule has 2 fully saturated rings. The standard InChI is InChI=1S/C25H28FN5O4/c1-15(30-24(32)21-11-29-35-16(21)2)18-5-7-19(8-6-18)34-20-9-10-31(12-20)23-22(26)25(28-14-27-23)33-13-17-3-4-17/h5-8,11,14-15,17,20H,3-4,9-10,12-13H2,1-2H3,(H,30,32)/t15-,20?/m0/s1. The number of amides is 1. The van der Waals surface area contributed by atoms with Crippen molar-refractivity contribution in [2.24, 2.45) is 5.92 Å². The number of carbonyl (C=O) groups is 1. The second-order valence-electron chi connectivity index (χ2n) is 9.11. The Morgan fingerprint density at radius 1 is 1.26 bits per heavy atom. The summed E-state index contributed by atoms with van der Waals surface area (Å²) in [4.78, 5) is 22.3. The van der Waals surface area contributed by atoms with Gasteiger partial charge in [0, 0.05) is 13.0 Å². The van der Waals surface area contributed by atoms with E-state index < -0.39 is 5.82 Å². The van der Waals surface area contributed by atoms with Gasteiger partial charge in [-0.25, -0.2) is 4.98 Å². The van der Waals surface area contributed by atoms with Crippen molar-refractivity contribution >= 4 is 11.7 Å². The first-order valence-electron chi connectivity index (χ1n) is 11.8. The van der Waals surface area contributed by atoms with Crippen LogP contribution < -0.4 is 19.7 Å². The first-order valence-corrected chi connectivity index (χ1v) is 11.8. The molecule has 0 spiro atoms. The lowest BCUT2D eigenvalue weighted by molar-refractivity contribution is 0.0938. The molecule has 35 heavy (non-hydrogen) atoms. The van der Waals surface area contributed by atoms with E-state index in [9.17, 15) is 9.18 Å². The van der Waals surface area contributed by atoms with Gasteiger partial charge < -0.3 is 24.2 Å². The molecule has 2 aromatic heterocycles. The van der Waals surface area contributed by atoms with E-state index in [-0.39, 0.29) is 29.8 Å². The Bertz CT molecular complexity index is 1180. The van der Waals surface area contributed by atoms with E-state index in [0.717, 1.165) is 24.8 Å². The minimum atomic E-state index is -0.518. The molecule has 1 saturated carbocycles. The van der Waals surface area contributed by atoms with Crippen molar-refractivity contribution < 1.29 is 23.2 Å². The number of rotatable bonds is 9. The van der Waals surface area contributed by atoms with Gasteiger partial charge in [-0.2, -0.15) is 9.37 Å². The van der Waals surface area contributed by atoms with Crippen LogP contribution >= 0.6 is 0 Å². The summed E-state index contributed by atoms with van der Waals surface area (Å²) in [7, 11) is 0. The summed E-state index contributed by atoms with van der Waals surface area (Å²) >= 11 is 0. The molecule has 3 aromatic rings. The molecule has 184 valence electrons. The summed E-state index contributed by atoms with van der Waals surface area (Å²) in [5.74, 6) is 1.22. The van der Waals surface area contributed by atoms with Gasteiger partial charge in [-0.15, -0.1) is 0 Å². The number of aryl methyl sites for hydroxylation is 1. The van der Waals surface area contributed by atoms with E-state index in [0.29, 0.717) is 42.7 Å². The summed E-state index contributed by atoms with van der Waals surface area (Å²) in [5.41, 5.74) is 1.36. The highest BCUT2D eigenvalue weighted by Crippen LogP contribution is 2.32. The fourth-order valence-electron chi connectivity index (χ4n) is 4.07. The molecule has 1 saturated heterocycles. The van der Waals surface area contributed by atoms with Crippen molar-refractivity contribution in [3.05, 3.63) is 59.5 Å². The van der Waals surface area contributed by atoms with Crippen molar-refractivity contribution in [2.45, 2.75) is 45.3 Å². The maximum atomic E-state index is 14.9. The third kappa shape index (κ3) is 5.36. The second-order valence-corrected chi connectivity index (χ2v) is 9.11. The Labute approximate surface area is 202 Å². The summed E-state index contributed by atoms with van der Waals surface area (Å²) in [5, 5.41) is 6.58. The van der Waals surface area contributed by atoms with Gasteiger partial charge in [-0.05, 0) is 50.3 Å². The van der Waals surface area contributed by atoms with Crippen LogP contribution in [0.2, 0.25) is 0 Å². The Balaban J connectivity index is 1.15. The van der Waals surface area contributed by atoms with Crippen LogP contribution in [0.3, 0.4) is 0 Å². The van der Waals surface area contributed by atoms with Gasteiger partial charge in [-0.1, -0.05) is 17.3 Å². The van der Waals surface area contributed by atoms with Crippen LogP contribution in [0.1, 0.15) is 53.9 Å². The molecule has 2 atom stereocenters. The van der Waals surface area contributed by atoms with Crippen molar-refractivity contribution in [2.75, 3.05) is 24.6 Å². The molecule has 1 aliphatic heterocycles. The normalized spacial score (nSPS) is 18.4. The fourth-order valence-corrected chi connectivity index (χ4v) is 4.07. The van der Waals surface area contributed by atoms with E-state index in [1.54, 1.807) is 6.92 Å². The van der Waals surface area contributed by atoms with Gasteiger partial charge >= 0.3 is 0 Å². The van der Waals surface area contributed by atoms with Gasteiger partial charge in [0.05, 0.1) is 25.4 Å². The highest BCUT2D eigenvalue weighted by atomic mass is 19.1. The maximum Gasteiger partial charge on any atom is 0.256 e. The van der Waals surface area contributed by atoms with Gasteiger partial charge in [0.1, 0.15) is 29.5 Å². The number of nitrogens with zero attached hydrogens (tertiary/aromatic N) is 4. The number of aromatic nitrogens is 3. The summed E-state index contributed by atoms with van der Waals surface area (Å²) < 4.78 is 31.5. The van der Waals surface area contributed by atoms with Crippen LogP contribution in [0.5, 0.6) is 11.6 Å². The molecule has 1 amide bonds. The van der Waals surface area contributed by atoms with Crippen molar-refractivity contribution in [3.63, 3.8) is 0 Å². The molecule has 2 aliphatic rings. The lowest BCUT2D eigenvalue weighted by Gasteiger charge is -2.19. The monoisotopic (exact) mass is 481 g/mol. The predicted molar refractivity (Wildman–Crippen MR) is 125 cm³/mol. The fraction of sp³-hybridized carbons (Fsp3) is 0.440. The third-order valence-corrected chi connectivity index (χ3v) is 6.36. The van der Waals surface area contributed by atoms with Crippen molar-refractivity contribution in [3.8, 4) is 11.6 Å². The summed E-state index contributed by atoms with van der Waals surface area (Å²) in [6, 6.07) is 7.38. The molecule has 9 nitrogen and oxygen atoms in total. The number of nitrogens with one attached hydrogen (secondary N) is 1. The van der Waals surface area contributed by atoms with Crippen LogP contribution in [0.15, 0.2) is 41.3 Å². The summed E-state index contributed by atoms with van der Waals surface area (Å²) in [6.45, 7) is 5.25. The Kier molecular flexibility index (Phi) is 6.52. The molecule has 1 aliphatic carbocycles. The van der Waals surface area contributed by atoms with E-state index in [1.165, 1.54) is 12.5 Å². The zero-order chi connectivity index (χ0) is 24.4. The Morgan fingerprint density at radius 3 is 2.77 bits per heavy atom. The van der Waals surface area contributed by atoms with Crippen LogP contribution in [-0.4, -0.2) is 46.8 Å². The van der Waals surface area contributed by atoms with Crippen molar-refractivity contribution in [1.82, 2.24) is 20.4 Å². The molecule has 10 heteroatoms. The molecular formula is C25H28FN5O4. The minimum Gasteiger partial charge on any atom is -0.489 e.